The van der Waals surface area contributed by atoms with Crippen molar-refractivity contribution in [2.45, 2.75) is 38.6 Å². The smallest absolute Gasteiger partial charge is 0.321 e. The van der Waals surface area contributed by atoms with Gasteiger partial charge in [0.2, 0.25) is 0 Å². The number of carbonyl (C=O) groups excluding carboxylic acids is 1. The van der Waals surface area contributed by atoms with Gasteiger partial charge < -0.3 is 10.4 Å². The zero-order chi connectivity index (χ0) is 15.4. The molecule has 2 unspecified atom stereocenters. The molecule has 2 atom stereocenters. The molecule has 2 N–H and O–H groups in total. The number of aryl methyl sites for hydroxylation is 1. The van der Waals surface area contributed by atoms with E-state index in [1.807, 2.05) is 24.3 Å². The van der Waals surface area contributed by atoms with E-state index in [-0.39, 0.29) is 12.1 Å². The molecule has 114 valence electrons. The van der Waals surface area contributed by atoms with Crippen LogP contribution in [0.25, 0.3) is 0 Å². The summed E-state index contributed by atoms with van der Waals surface area (Å²) >= 11 is 0. The number of amides is 2. The third kappa shape index (κ3) is 3.54. The van der Waals surface area contributed by atoms with Crippen molar-refractivity contribution in [2.75, 3.05) is 11.9 Å². The fourth-order valence-electron chi connectivity index (χ4n) is 2.76. The summed E-state index contributed by atoms with van der Waals surface area (Å²) in [6.45, 7) is 2.08. The number of hydrogen-bond donors (Lipinski definition) is 2. The Balaban J connectivity index is 2.00. The molecule has 0 spiro atoms. The highest BCUT2D eigenvalue weighted by atomic mass is 16.4. The number of aliphatic carboxylic acids is 1. The van der Waals surface area contributed by atoms with Crippen LogP contribution >= 0.6 is 0 Å². The number of rotatable bonds is 4. The van der Waals surface area contributed by atoms with Crippen molar-refractivity contribution in [3.8, 4) is 0 Å². The number of nitrogens with zero attached hydrogens (tertiary/aromatic N) is 1. The quantitative estimate of drug-likeness (QED) is 0.895. The van der Waals surface area contributed by atoms with Gasteiger partial charge in [0, 0.05) is 18.8 Å². The molecule has 2 amide bonds. The second-order valence-corrected chi connectivity index (χ2v) is 5.51. The van der Waals surface area contributed by atoms with Crippen LogP contribution in [0.2, 0.25) is 0 Å². The first-order valence-electron chi connectivity index (χ1n) is 7.39. The van der Waals surface area contributed by atoms with Crippen LogP contribution in [0.4, 0.5) is 10.5 Å². The number of anilines is 1. The van der Waals surface area contributed by atoms with Gasteiger partial charge in [-0.1, -0.05) is 25.5 Å². The number of nitrogens with one attached hydrogen (secondary N) is 1. The molecule has 1 aliphatic carbocycles. The van der Waals surface area contributed by atoms with E-state index >= 15 is 0 Å². The largest absolute Gasteiger partial charge is 0.481 e. The number of carbonyl (C=O) groups is 2. The number of urea groups is 1. The first-order valence-corrected chi connectivity index (χ1v) is 7.39. The monoisotopic (exact) mass is 290 g/mol. The lowest BCUT2D eigenvalue weighted by atomic mass is 10.0. The topological polar surface area (TPSA) is 69.6 Å². The fourth-order valence-corrected chi connectivity index (χ4v) is 2.76. The van der Waals surface area contributed by atoms with Gasteiger partial charge in [-0.25, -0.2) is 4.79 Å². The molecule has 0 bridgehead atoms. The highest BCUT2D eigenvalue weighted by Gasteiger charge is 2.34. The van der Waals surface area contributed by atoms with Gasteiger partial charge >= 0.3 is 12.0 Å². The van der Waals surface area contributed by atoms with Gasteiger partial charge in [-0.05, 0) is 37.0 Å². The molecule has 1 saturated carbocycles. The maximum atomic E-state index is 12.2. The molecule has 5 heteroatoms. The van der Waals surface area contributed by atoms with Crippen LogP contribution in [0, 0.1) is 5.92 Å². The van der Waals surface area contributed by atoms with Gasteiger partial charge in [0.15, 0.2) is 0 Å². The Hall–Kier alpha value is -2.04. The molecule has 0 saturated heterocycles. The van der Waals surface area contributed by atoms with Crippen LogP contribution in [-0.4, -0.2) is 30.2 Å². The molecule has 0 aliphatic heterocycles. The van der Waals surface area contributed by atoms with Crippen molar-refractivity contribution < 1.29 is 14.7 Å². The van der Waals surface area contributed by atoms with Crippen LogP contribution < -0.4 is 10.2 Å². The summed E-state index contributed by atoms with van der Waals surface area (Å²) in [4.78, 5) is 24.9. The van der Waals surface area contributed by atoms with Gasteiger partial charge in [-0.3, -0.25) is 9.69 Å². The summed E-state index contributed by atoms with van der Waals surface area (Å²) in [5, 5.41) is 12.0. The predicted molar refractivity (Wildman–Crippen MR) is 81.5 cm³/mol. The Morgan fingerprint density at radius 1 is 1.29 bits per heavy atom. The number of carboxylic acids is 1. The fraction of sp³-hybridized carbons (Fsp3) is 0.500. The molecule has 1 aromatic carbocycles. The number of hydrogen-bond acceptors (Lipinski definition) is 2. The summed E-state index contributed by atoms with van der Waals surface area (Å²) < 4.78 is 0. The molecule has 0 radical (unpaired) electrons. The van der Waals surface area contributed by atoms with E-state index in [4.69, 9.17) is 5.11 Å². The second kappa shape index (κ2) is 6.61. The van der Waals surface area contributed by atoms with Crippen LogP contribution in [0.15, 0.2) is 24.3 Å². The summed E-state index contributed by atoms with van der Waals surface area (Å²) in [5.41, 5.74) is 2.02. The standard InChI is InChI=1S/C16H22N2O3/c1-3-11-7-9-12(10-8-11)18(2)16(21)17-14-6-4-5-13(14)15(19)20/h7-10,13-14H,3-6H2,1-2H3,(H,17,21)(H,19,20). The Bertz CT molecular complexity index is 513. The molecule has 21 heavy (non-hydrogen) atoms. The zero-order valence-electron chi connectivity index (χ0n) is 12.5. The van der Waals surface area contributed by atoms with Gasteiger partial charge in [0.05, 0.1) is 5.92 Å². The minimum atomic E-state index is -0.826. The molecule has 1 aliphatic rings. The lowest BCUT2D eigenvalue weighted by molar-refractivity contribution is -0.142. The van der Waals surface area contributed by atoms with E-state index < -0.39 is 11.9 Å². The lowest BCUT2D eigenvalue weighted by Crippen LogP contribution is -2.46. The summed E-state index contributed by atoms with van der Waals surface area (Å²) in [5.74, 6) is -1.29. The predicted octanol–water partition coefficient (Wildman–Crippen LogP) is 2.65. The van der Waals surface area contributed by atoms with Crippen molar-refractivity contribution in [3.63, 3.8) is 0 Å². The second-order valence-electron chi connectivity index (χ2n) is 5.51. The van der Waals surface area contributed by atoms with E-state index in [1.54, 1.807) is 7.05 Å². The Morgan fingerprint density at radius 3 is 2.52 bits per heavy atom. The minimum absolute atomic E-state index is 0.252. The highest BCUT2D eigenvalue weighted by Crippen LogP contribution is 2.26. The minimum Gasteiger partial charge on any atom is -0.481 e. The van der Waals surface area contributed by atoms with Gasteiger partial charge in [-0.15, -0.1) is 0 Å². The summed E-state index contributed by atoms with van der Waals surface area (Å²) in [7, 11) is 1.70. The van der Waals surface area contributed by atoms with Crippen molar-refractivity contribution in [1.82, 2.24) is 5.32 Å². The number of benzene rings is 1. The maximum absolute atomic E-state index is 12.2. The third-order valence-corrected chi connectivity index (χ3v) is 4.18. The Morgan fingerprint density at radius 2 is 1.95 bits per heavy atom. The molecule has 5 nitrogen and oxygen atoms in total. The first-order chi connectivity index (χ1) is 10.0. The van der Waals surface area contributed by atoms with Crippen molar-refractivity contribution >= 4 is 17.7 Å². The zero-order valence-corrected chi connectivity index (χ0v) is 12.5. The van der Waals surface area contributed by atoms with Gasteiger partial charge in [0.25, 0.3) is 0 Å². The maximum Gasteiger partial charge on any atom is 0.321 e. The molecule has 0 heterocycles. The van der Waals surface area contributed by atoms with Crippen LogP contribution in [0.3, 0.4) is 0 Å². The molecule has 1 fully saturated rings. The SMILES string of the molecule is CCc1ccc(N(C)C(=O)NC2CCCC2C(=O)O)cc1. The van der Waals surface area contributed by atoms with Crippen LogP contribution in [0.5, 0.6) is 0 Å². The van der Waals surface area contributed by atoms with Crippen molar-refractivity contribution in [2.24, 2.45) is 5.92 Å². The first kappa shape index (κ1) is 15.4. The van der Waals surface area contributed by atoms with Gasteiger partial charge in [0.1, 0.15) is 0 Å². The average Bonchev–Trinajstić information content (AvgIpc) is 2.95. The van der Waals surface area contributed by atoms with E-state index in [1.165, 1.54) is 10.5 Å². The summed E-state index contributed by atoms with van der Waals surface area (Å²) in [6.07, 6.45) is 3.16. The molecule has 0 aromatic heterocycles. The lowest BCUT2D eigenvalue weighted by Gasteiger charge is -2.23. The van der Waals surface area contributed by atoms with E-state index in [0.717, 1.165) is 24.9 Å². The Labute approximate surface area is 125 Å². The van der Waals surface area contributed by atoms with E-state index in [2.05, 4.69) is 12.2 Å². The van der Waals surface area contributed by atoms with Crippen LogP contribution in [0.1, 0.15) is 31.7 Å². The van der Waals surface area contributed by atoms with Crippen LogP contribution in [-0.2, 0) is 11.2 Å². The molecule has 1 aromatic rings. The molecular weight excluding hydrogens is 268 g/mol. The highest BCUT2D eigenvalue weighted by molar-refractivity contribution is 5.92. The third-order valence-electron chi connectivity index (χ3n) is 4.18. The molecular formula is C16H22N2O3. The van der Waals surface area contributed by atoms with E-state index in [9.17, 15) is 9.59 Å². The normalized spacial score (nSPS) is 21.0. The van der Waals surface area contributed by atoms with E-state index in [0.29, 0.717) is 6.42 Å². The average molecular weight is 290 g/mol. The molecule has 2 rings (SSSR count). The van der Waals surface area contributed by atoms with Crippen molar-refractivity contribution in [1.29, 1.82) is 0 Å². The Kier molecular flexibility index (Phi) is 4.83. The number of carboxylic acid groups (broad SMARTS) is 1. The van der Waals surface area contributed by atoms with Gasteiger partial charge in [-0.2, -0.15) is 0 Å². The summed E-state index contributed by atoms with van der Waals surface area (Å²) in [6, 6.07) is 7.28. The van der Waals surface area contributed by atoms with Crippen molar-refractivity contribution in [3.05, 3.63) is 29.8 Å².